The number of amides is 2. The lowest BCUT2D eigenvalue weighted by Crippen LogP contribution is -2.45. The van der Waals surface area contributed by atoms with E-state index in [-0.39, 0.29) is 17.4 Å². The Hall–Kier alpha value is -3.02. The molecule has 6 nitrogen and oxygen atoms in total. The van der Waals surface area contributed by atoms with Crippen LogP contribution >= 0.6 is 0 Å². The number of urea groups is 1. The molecule has 1 heterocycles. The second kappa shape index (κ2) is 6.47. The van der Waals surface area contributed by atoms with Crippen molar-refractivity contribution in [3.63, 3.8) is 0 Å². The Morgan fingerprint density at radius 3 is 2.64 bits per heavy atom. The number of phenols is 1. The summed E-state index contributed by atoms with van der Waals surface area (Å²) in [6, 6.07) is 9.60. The predicted molar refractivity (Wildman–Crippen MR) is 93.9 cm³/mol. The third-order valence-corrected chi connectivity index (χ3v) is 4.07. The summed E-state index contributed by atoms with van der Waals surface area (Å²) < 4.78 is 5.33. The molecular formula is C19H20N2O4. The molecule has 0 aromatic heterocycles. The molecule has 6 heteroatoms. The second-order valence-electron chi connectivity index (χ2n) is 6.24. The van der Waals surface area contributed by atoms with Gasteiger partial charge < -0.3 is 20.5 Å². The summed E-state index contributed by atoms with van der Waals surface area (Å²) in [6.07, 6.45) is -0.299. The van der Waals surface area contributed by atoms with Crippen LogP contribution in [-0.4, -0.2) is 23.2 Å². The summed E-state index contributed by atoms with van der Waals surface area (Å²) in [5.41, 5.74) is 1.16. The highest BCUT2D eigenvalue weighted by Crippen LogP contribution is 2.38. The Balaban J connectivity index is 2.20. The van der Waals surface area contributed by atoms with Crippen molar-refractivity contribution >= 4 is 22.8 Å². The fourth-order valence-electron chi connectivity index (χ4n) is 3.05. The van der Waals surface area contributed by atoms with E-state index in [1.165, 1.54) is 0 Å². The normalized spacial score (nSPS) is 17.4. The summed E-state index contributed by atoms with van der Waals surface area (Å²) in [6.45, 7) is 5.16. The Morgan fingerprint density at radius 1 is 1.20 bits per heavy atom. The van der Waals surface area contributed by atoms with Crippen LogP contribution in [0, 0.1) is 0 Å². The van der Waals surface area contributed by atoms with E-state index in [2.05, 4.69) is 10.6 Å². The molecule has 0 saturated carbocycles. The number of rotatable bonds is 3. The molecule has 0 bridgehead atoms. The number of ether oxygens (including phenoxy) is 1. The summed E-state index contributed by atoms with van der Waals surface area (Å²) in [5, 5.41) is 17.5. The maximum absolute atomic E-state index is 12.6. The van der Waals surface area contributed by atoms with Crippen molar-refractivity contribution in [2.24, 2.45) is 0 Å². The molecule has 3 N–H and O–H groups in total. The lowest BCUT2D eigenvalue weighted by molar-refractivity contribution is -0.143. The zero-order valence-electron chi connectivity index (χ0n) is 14.3. The van der Waals surface area contributed by atoms with Crippen molar-refractivity contribution in [1.82, 2.24) is 10.6 Å². The third-order valence-electron chi connectivity index (χ3n) is 4.07. The molecule has 1 aliphatic heterocycles. The van der Waals surface area contributed by atoms with E-state index in [0.717, 1.165) is 10.8 Å². The van der Waals surface area contributed by atoms with Crippen LogP contribution in [0.15, 0.2) is 47.7 Å². The number of aromatic hydroxyl groups is 1. The molecule has 0 fully saturated rings. The summed E-state index contributed by atoms with van der Waals surface area (Å²) >= 11 is 0. The van der Waals surface area contributed by atoms with Crippen molar-refractivity contribution in [3.05, 3.63) is 53.2 Å². The SMILES string of the molecule is CC1=C(C(=O)OC(C)C)[C@H](c2c(O)ccc3ccccc23)NC(=O)N1. The zero-order valence-corrected chi connectivity index (χ0v) is 14.3. The number of benzene rings is 2. The molecule has 0 aliphatic carbocycles. The number of allylic oxidation sites excluding steroid dienone is 1. The van der Waals surface area contributed by atoms with Crippen LogP contribution in [0.25, 0.3) is 10.8 Å². The van der Waals surface area contributed by atoms with Crippen molar-refractivity contribution in [3.8, 4) is 5.75 Å². The molecule has 3 rings (SSSR count). The highest BCUT2D eigenvalue weighted by molar-refractivity contribution is 5.98. The van der Waals surface area contributed by atoms with E-state index in [1.807, 2.05) is 24.3 Å². The number of nitrogens with one attached hydrogen (secondary N) is 2. The van der Waals surface area contributed by atoms with E-state index in [4.69, 9.17) is 4.74 Å². The maximum atomic E-state index is 12.6. The smallest absolute Gasteiger partial charge is 0.338 e. The van der Waals surface area contributed by atoms with E-state index < -0.39 is 18.0 Å². The van der Waals surface area contributed by atoms with Crippen LogP contribution in [0.5, 0.6) is 5.75 Å². The van der Waals surface area contributed by atoms with Gasteiger partial charge in [0, 0.05) is 11.3 Å². The van der Waals surface area contributed by atoms with Gasteiger partial charge in [0.25, 0.3) is 0 Å². The molecule has 1 atom stereocenters. The summed E-state index contributed by atoms with van der Waals surface area (Å²) in [7, 11) is 0. The van der Waals surface area contributed by atoms with Crippen molar-refractivity contribution < 1.29 is 19.4 Å². The first-order valence-electron chi connectivity index (χ1n) is 8.08. The fraction of sp³-hybridized carbons (Fsp3) is 0.263. The van der Waals surface area contributed by atoms with E-state index >= 15 is 0 Å². The van der Waals surface area contributed by atoms with Crippen LogP contribution < -0.4 is 10.6 Å². The highest BCUT2D eigenvalue weighted by Gasteiger charge is 2.35. The lowest BCUT2D eigenvalue weighted by Gasteiger charge is -2.29. The quantitative estimate of drug-likeness (QED) is 0.749. The van der Waals surface area contributed by atoms with E-state index in [1.54, 1.807) is 32.9 Å². The van der Waals surface area contributed by atoms with Crippen molar-refractivity contribution in [1.29, 1.82) is 0 Å². The minimum absolute atomic E-state index is 0.00791. The van der Waals surface area contributed by atoms with Gasteiger partial charge in [-0.1, -0.05) is 30.3 Å². The Labute approximate surface area is 145 Å². The van der Waals surface area contributed by atoms with Gasteiger partial charge in [-0.05, 0) is 37.6 Å². The van der Waals surface area contributed by atoms with Crippen LogP contribution in [-0.2, 0) is 9.53 Å². The van der Waals surface area contributed by atoms with Crippen LogP contribution in [0.2, 0.25) is 0 Å². The Kier molecular flexibility index (Phi) is 4.35. The van der Waals surface area contributed by atoms with Gasteiger partial charge >= 0.3 is 12.0 Å². The average molecular weight is 340 g/mol. The Bertz CT molecular complexity index is 886. The van der Waals surface area contributed by atoms with Gasteiger partial charge in [0.1, 0.15) is 5.75 Å². The molecule has 130 valence electrons. The number of carbonyl (C=O) groups excluding carboxylic acids is 2. The third kappa shape index (κ3) is 3.15. The minimum Gasteiger partial charge on any atom is -0.508 e. The first-order valence-corrected chi connectivity index (χ1v) is 8.08. The highest BCUT2D eigenvalue weighted by atomic mass is 16.5. The number of carbonyl (C=O) groups is 2. The van der Waals surface area contributed by atoms with Crippen LogP contribution in [0.3, 0.4) is 0 Å². The number of phenolic OH excluding ortho intramolecular Hbond substituents is 1. The Morgan fingerprint density at radius 2 is 1.92 bits per heavy atom. The van der Waals surface area contributed by atoms with Crippen molar-refractivity contribution in [2.45, 2.75) is 32.9 Å². The molecule has 2 aromatic carbocycles. The topological polar surface area (TPSA) is 87.7 Å². The largest absolute Gasteiger partial charge is 0.508 e. The van der Waals surface area contributed by atoms with Gasteiger partial charge in [-0.15, -0.1) is 0 Å². The van der Waals surface area contributed by atoms with E-state index in [0.29, 0.717) is 11.3 Å². The summed E-state index contributed by atoms with van der Waals surface area (Å²) in [5.74, 6) is -0.522. The van der Waals surface area contributed by atoms with Gasteiger partial charge in [0.15, 0.2) is 0 Å². The number of esters is 1. The monoisotopic (exact) mass is 340 g/mol. The number of fused-ring (bicyclic) bond motifs is 1. The van der Waals surface area contributed by atoms with E-state index in [9.17, 15) is 14.7 Å². The minimum atomic E-state index is -0.800. The average Bonchev–Trinajstić information content (AvgIpc) is 2.53. The van der Waals surface area contributed by atoms with Gasteiger partial charge in [-0.3, -0.25) is 0 Å². The molecule has 0 radical (unpaired) electrons. The lowest BCUT2D eigenvalue weighted by atomic mass is 9.90. The zero-order chi connectivity index (χ0) is 18.1. The predicted octanol–water partition coefficient (Wildman–Crippen LogP) is 3.12. The first-order chi connectivity index (χ1) is 11.9. The molecule has 0 unspecified atom stereocenters. The molecular weight excluding hydrogens is 320 g/mol. The first kappa shape index (κ1) is 16.8. The molecule has 0 spiro atoms. The number of hydrogen-bond donors (Lipinski definition) is 3. The molecule has 25 heavy (non-hydrogen) atoms. The maximum Gasteiger partial charge on any atom is 0.338 e. The van der Waals surface area contributed by atoms with Gasteiger partial charge in [-0.25, -0.2) is 9.59 Å². The molecule has 0 saturated heterocycles. The van der Waals surface area contributed by atoms with Gasteiger partial charge in [0.05, 0.1) is 17.7 Å². The molecule has 2 amide bonds. The van der Waals surface area contributed by atoms with Crippen LogP contribution in [0.4, 0.5) is 4.79 Å². The second-order valence-corrected chi connectivity index (χ2v) is 6.24. The molecule has 1 aliphatic rings. The number of hydrogen-bond acceptors (Lipinski definition) is 4. The van der Waals surface area contributed by atoms with Gasteiger partial charge in [0.2, 0.25) is 0 Å². The van der Waals surface area contributed by atoms with Crippen LogP contribution in [0.1, 0.15) is 32.4 Å². The van der Waals surface area contributed by atoms with Gasteiger partial charge in [-0.2, -0.15) is 0 Å². The fourth-order valence-corrected chi connectivity index (χ4v) is 3.05. The van der Waals surface area contributed by atoms with Crippen molar-refractivity contribution in [2.75, 3.05) is 0 Å². The summed E-state index contributed by atoms with van der Waals surface area (Å²) in [4.78, 5) is 24.6. The standard InChI is InChI=1S/C19H20N2O4/c1-10(2)25-18(23)15-11(3)20-19(24)21-17(15)16-13-7-5-4-6-12(13)8-9-14(16)22/h4-10,17,22H,1-3H3,(H2,20,21,24)/t17-/m1/s1. The molecule has 2 aromatic rings.